The summed E-state index contributed by atoms with van der Waals surface area (Å²) >= 11 is 2.24. The van der Waals surface area contributed by atoms with E-state index in [1.807, 2.05) is 30.3 Å². The van der Waals surface area contributed by atoms with Gasteiger partial charge in [0.2, 0.25) is 0 Å². The summed E-state index contributed by atoms with van der Waals surface area (Å²) in [5, 5.41) is 10.4. The van der Waals surface area contributed by atoms with Crippen LogP contribution in [0.25, 0.3) is 0 Å². The topological polar surface area (TPSA) is 38.7 Å². The first-order valence-corrected chi connectivity index (χ1v) is 6.89. The van der Waals surface area contributed by atoms with E-state index in [1.54, 1.807) is 26.4 Å². The molecule has 2 aromatic carbocycles. The SMILES string of the molecule is COc1ccc(C(O)c2ccc(I)cc2)cc1OC. The molecule has 1 N–H and O–H groups in total. The van der Waals surface area contributed by atoms with Crippen molar-refractivity contribution in [2.45, 2.75) is 6.10 Å². The highest BCUT2D eigenvalue weighted by molar-refractivity contribution is 14.1. The van der Waals surface area contributed by atoms with Crippen molar-refractivity contribution in [3.8, 4) is 11.5 Å². The van der Waals surface area contributed by atoms with E-state index in [0.717, 1.165) is 14.7 Å². The highest BCUT2D eigenvalue weighted by Gasteiger charge is 2.13. The summed E-state index contributed by atoms with van der Waals surface area (Å²) in [5.41, 5.74) is 1.63. The van der Waals surface area contributed by atoms with Gasteiger partial charge in [-0.05, 0) is 58.0 Å². The maximum Gasteiger partial charge on any atom is 0.161 e. The van der Waals surface area contributed by atoms with E-state index in [4.69, 9.17) is 9.47 Å². The predicted molar refractivity (Wildman–Crippen MR) is 82.8 cm³/mol. The lowest BCUT2D eigenvalue weighted by molar-refractivity contribution is 0.219. The Hall–Kier alpha value is -1.27. The fraction of sp³-hybridized carbons (Fsp3) is 0.200. The average molecular weight is 370 g/mol. The van der Waals surface area contributed by atoms with Crippen LogP contribution in [0, 0.1) is 3.57 Å². The summed E-state index contributed by atoms with van der Waals surface area (Å²) in [7, 11) is 3.17. The van der Waals surface area contributed by atoms with E-state index in [0.29, 0.717) is 11.5 Å². The maximum atomic E-state index is 10.4. The number of halogens is 1. The number of aliphatic hydroxyl groups excluding tert-OH is 1. The van der Waals surface area contributed by atoms with Crippen LogP contribution in [0.2, 0.25) is 0 Å². The second-order valence-electron chi connectivity index (χ2n) is 4.07. The smallest absolute Gasteiger partial charge is 0.161 e. The van der Waals surface area contributed by atoms with Gasteiger partial charge >= 0.3 is 0 Å². The Labute approximate surface area is 126 Å². The van der Waals surface area contributed by atoms with Crippen LogP contribution in [0.5, 0.6) is 11.5 Å². The first kappa shape index (κ1) is 14.1. The number of hydrogen-bond donors (Lipinski definition) is 1. The highest BCUT2D eigenvalue weighted by atomic mass is 127. The number of aliphatic hydroxyl groups is 1. The van der Waals surface area contributed by atoms with Gasteiger partial charge in [0.15, 0.2) is 11.5 Å². The van der Waals surface area contributed by atoms with Crippen molar-refractivity contribution in [1.29, 1.82) is 0 Å². The molecular weight excluding hydrogens is 355 g/mol. The van der Waals surface area contributed by atoms with Gasteiger partial charge < -0.3 is 14.6 Å². The lowest BCUT2D eigenvalue weighted by Crippen LogP contribution is -2.01. The van der Waals surface area contributed by atoms with Crippen LogP contribution in [-0.2, 0) is 0 Å². The summed E-state index contributed by atoms with van der Waals surface area (Å²) in [6.07, 6.45) is -0.670. The second kappa shape index (κ2) is 6.25. The van der Waals surface area contributed by atoms with E-state index < -0.39 is 6.10 Å². The second-order valence-corrected chi connectivity index (χ2v) is 5.31. The van der Waals surface area contributed by atoms with Gasteiger partial charge in [0, 0.05) is 3.57 Å². The van der Waals surface area contributed by atoms with Crippen LogP contribution in [0.4, 0.5) is 0 Å². The van der Waals surface area contributed by atoms with Gasteiger partial charge in [0.25, 0.3) is 0 Å². The molecule has 0 radical (unpaired) electrons. The molecule has 2 aromatic rings. The molecule has 4 heteroatoms. The van der Waals surface area contributed by atoms with E-state index in [-0.39, 0.29) is 0 Å². The zero-order valence-corrected chi connectivity index (χ0v) is 12.9. The molecule has 0 bridgehead atoms. The zero-order valence-electron chi connectivity index (χ0n) is 10.8. The Morgan fingerprint density at radius 1 is 0.895 bits per heavy atom. The van der Waals surface area contributed by atoms with Crippen molar-refractivity contribution in [3.05, 3.63) is 57.2 Å². The normalized spacial score (nSPS) is 12.0. The minimum atomic E-state index is -0.670. The third-order valence-corrected chi connectivity index (χ3v) is 3.63. The molecule has 2 rings (SSSR count). The number of ether oxygens (including phenoxy) is 2. The molecule has 0 aliphatic carbocycles. The summed E-state index contributed by atoms with van der Waals surface area (Å²) in [6, 6.07) is 13.2. The average Bonchev–Trinajstić information content (AvgIpc) is 2.46. The summed E-state index contributed by atoms with van der Waals surface area (Å²) in [5.74, 6) is 1.27. The van der Waals surface area contributed by atoms with E-state index in [1.165, 1.54) is 0 Å². The van der Waals surface area contributed by atoms with E-state index >= 15 is 0 Å². The summed E-state index contributed by atoms with van der Waals surface area (Å²) in [4.78, 5) is 0. The van der Waals surface area contributed by atoms with Crippen LogP contribution in [0.15, 0.2) is 42.5 Å². The Kier molecular flexibility index (Phi) is 4.66. The maximum absolute atomic E-state index is 10.4. The molecule has 0 aliphatic heterocycles. The third kappa shape index (κ3) is 3.19. The Bertz CT molecular complexity index is 552. The Morgan fingerprint density at radius 3 is 2.05 bits per heavy atom. The molecule has 0 amide bonds. The quantitative estimate of drug-likeness (QED) is 0.839. The van der Waals surface area contributed by atoms with Crippen molar-refractivity contribution in [2.24, 2.45) is 0 Å². The molecular formula is C15H15IO3. The molecule has 0 saturated heterocycles. The van der Waals surface area contributed by atoms with Crippen molar-refractivity contribution in [3.63, 3.8) is 0 Å². The molecule has 0 heterocycles. The van der Waals surface area contributed by atoms with Gasteiger partial charge in [-0.2, -0.15) is 0 Å². The first-order chi connectivity index (χ1) is 9.15. The Morgan fingerprint density at radius 2 is 1.47 bits per heavy atom. The van der Waals surface area contributed by atoms with Crippen LogP contribution < -0.4 is 9.47 Å². The molecule has 3 nitrogen and oxygen atoms in total. The number of rotatable bonds is 4. The van der Waals surface area contributed by atoms with Crippen molar-refractivity contribution >= 4 is 22.6 Å². The number of hydrogen-bond acceptors (Lipinski definition) is 3. The molecule has 0 spiro atoms. The van der Waals surface area contributed by atoms with Gasteiger partial charge in [-0.1, -0.05) is 18.2 Å². The zero-order chi connectivity index (χ0) is 13.8. The minimum Gasteiger partial charge on any atom is -0.493 e. The fourth-order valence-electron chi connectivity index (χ4n) is 1.86. The van der Waals surface area contributed by atoms with Gasteiger partial charge in [-0.25, -0.2) is 0 Å². The summed E-state index contributed by atoms with van der Waals surface area (Å²) in [6.45, 7) is 0. The fourth-order valence-corrected chi connectivity index (χ4v) is 2.22. The molecule has 100 valence electrons. The molecule has 0 saturated carbocycles. The van der Waals surface area contributed by atoms with Crippen LogP contribution in [0.3, 0.4) is 0 Å². The van der Waals surface area contributed by atoms with Crippen LogP contribution in [0.1, 0.15) is 17.2 Å². The molecule has 1 unspecified atom stereocenters. The van der Waals surface area contributed by atoms with Crippen molar-refractivity contribution in [1.82, 2.24) is 0 Å². The van der Waals surface area contributed by atoms with Gasteiger partial charge in [-0.3, -0.25) is 0 Å². The molecule has 0 aromatic heterocycles. The van der Waals surface area contributed by atoms with Crippen LogP contribution >= 0.6 is 22.6 Å². The lowest BCUT2D eigenvalue weighted by Gasteiger charge is -2.14. The molecule has 0 aliphatic rings. The monoisotopic (exact) mass is 370 g/mol. The minimum absolute atomic E-state index is 0.615. The predicted octanol–water partition coefficient (Wildman–Crippen LogP) is 3.39. The Balaban J connectivity index is 2.33. The van der Waals surface area contributed by atoms with Crippen LogP contribution in [-0.4, -0.2) is 19.3 Å². The van der Waals surface area contributed by atoms with Gasteiger partial charge in [-0.15, -0.1) is 0 Å². The third-order valence-electron chi connectivity index (χ3n) is 2.91. The molecule has 1 atom stereocenters. The van der Waals surface area contributed by atoms with E-state index in [9.17, 15) is 5.11 Å². The number of benzene rings is 2. The highest BCUT2D eigenvalue weighted by Crippen LogP contribution is 2.32. The van der Waals surface area contributed by atoms with Gasteiger partial charge in [0.1, 0.15) is 6.10 Å². The molecule has 19 heavy (non-hydrogen) atoms. The molecule has 0 fully saturated rings. The first-order valence-electron chi connectivity index (χ1n) is 5.81. The lowest BCUT2D eigenvalue weighted by atomic mass is 10.0. The number of methoxy groups -OCH3 is 2. The van der Waals surface area contributed by atoms with E-state index in [2.05, 4.69) is 22.6 Å². The van der Waals surface area contributed by atoms with Crippen molar-refractivity contribution < 1.29 is 14.6 Å². The van der Waals surface area contributed by atoms with Crippen molar-refractivity contribution in [2.75, 3.05) is 14.2 Å². The standard InChI is InChI=1S/C15H15IO3/c1-18-13-8-5-11(9-14(13)19-2)15(17)10-3-6-12(16)7-4-10/h3-9,15,17H,1-2H3. The summed E-state index contributed by atoms with van der Waals surface area (Å²) < 4.78 is 11.6. The largest absolute Gasteiger partial charge is 0.493 e. The van der Waals surface area contributed by atoms with Gasteiger partial charge in [0.05, 0.1) is 14.2 Å².